The highest BCUT2D eigenvalue weighted by Gasteiger charge is 2.08. The van der Waals surface area contributed by atoms with Crippen LogP contribution in [0.15, 0.2) is 42.5 Å². The summed E-state index contributed by atoms with van der Waals surface area (Å²) in [7, 11) is 5.51. The fraction of sp³-hybridized carbons (Fsp3) is 0.0667. The molecule has 3 aromatic rings. The zero-order valence-corrected chi connectivity index (χ0v) is 10.5. The standard InChI is InChI=1S/C15H11BN2O/c1-9-2-3-10-7-12(14(19)8-11(10)6-9)13-4-5-15(16)18-17-13/h2-8,19H,1H3. The summed E-state index contributed by atoms with van der Waals surface area (Å²) >= 11 is 0. The molecule has 0 amide bonds. The van der Waals surface area contributed by atoms with Crippen LogP contribution in [-0.4, -0.2) is 23.2 Å². The maximum absolute atomic E-state index is 10.1. The number of phenols is 1. The molecule has 19 heavy (non-hydrogen) atoms. The molecule has 0 unspecified atom stereocenters. The highest BCUT2D eigenvalue weighted by molar-refractivity contribution is 6.30. The van der Waals surface area contributed by atoms with Gasteiger partial charge in [0, 0.05) is 11.2 Å². The summed E-state index contributed by atoms with van der Waals surface area (Å²) in [5.74, 6) is 0.192. The van der Waals surface area contributed by atoms with Crippen LogP contribution in [0.2, 0.25) is 0 Å². The number of hydrogen-bond donors (Lipinski definition) is 1. The molecule has 1 heterocycles. The molecule has 3 nitrogen and oxygen atoms in total. The Morgan fingerprint density at radius 2 is 1.79 bits per heavy atom. The van der Waals surface area contributed by atoms with Crippen molar-refractivity contribution in [2.24, 2.45) is 0 Å². The first-order valence-electron chi connectivity index (χ1n) is 5.96. The monoisotopic (exact) mass is 246 g/mol. The molecule has 90 valence electrons. The molecule has 2 radical (unpaired) electrons. The van der Waals surface area contributed by atoms with Gasteiger partial charge >= 0.3 is 0 Å². The molecule has 2 aromatic carbocycles. The second-order valence-corrected chi connectivity index (χ2v) is 4.56. The highest BCUT2D eigenvalue weighted by Crippen LogP contribution is 2.32. The van der Waals surface area contributed by atoms with Gasteiger partial charge in [-0.1, -0.05) is 23.8 Å². The Hall–Kier alpha value is -2.36. The highest BCUT2D eigenvalue weighted by atomic mass is 16.3. The van der Waals surface area contributed by atoms with Gasteiger partial charge in [0.25, 0.3) is 0 Å². The summed E-state index contributed by atoms with van der Waals surface area (Å²) in [6.07, 6.45) is 0. The lowest BCUT2D eigenvalue weighted by molar-refractivity contribution is 0.478. The van der Waals surface area contributed by atoms with Gasteiger partial charge in [-0.3, -0.25) is 0 Å². The van der Waals surface area contributed by atoms with Crippen molar-refractivity contribution in [2.75, 3.05) is 0 Å². The lowest BCUT2D eigenvalue weighted by Crippen LogP contribution is -2.09. The van der Waals surface area contributed by atoms with Crippen molar-refractivity contribution in [2.45, 2.75) is 6.92 Å². The number of nitrogens with zero attached hydrogens (tertiary/aromatic N) is 2. The number of aromatic nitrogens is 2. The minimum absolute atomic E-state index is 0.192. The van der Waals surface area contributed by atoms with Crippen molar-refractivity contribution >= 4 is 24.2 Å². The Balaban J connectivity index is 2.21. The van der Waals surface area contributed by atoms with Gasteiger partial charge < -0.3 is 5.11 Å². The summed E-state index contributed by atoms with van der Waals surface area (Å²) in [6.45, 7) is 2.02. The largest absolute Gasteiger partial charge is 0.507 e. The van der Waals surface area contributed by atoms with E-state index < -0.39 is 0 Å². The number of aryl methyl sites for hydroxylation is 1. The molecule has 0 bridgehead atoms. The quantitative estimate of drug-likeness (QED) is 0.669. The van der Waals surface area contributed by atoms with Crippen molar-refractivity contribution in [3.63, 3.8) is 0 Å². The molecule has 0 spiro atoms. The topological polar surface area (TPSA) is 46.0 Å². The molecule has 0 aliphatic heterocycles. The van der Waals surface area contributed by atoms with Crippen molar-refractivity contribution in [1.82, 2.24) is 10.2 Å². The van der Waals surface area contributed by atoms with Crippen LogP contribution < -0.4 is 5.59 Å². The number of aromatic hydroxyl groups is 1. The van der Waals surface area contributed by atoms with Crippen LogP contribution in [0.1, 0.15) is 5.56 Å². The van der Waals surface area contributed by atoms with Crippen LogP contribution in [0.3, 0.4) is 0 Å². The van der Waals surface area contributed by atoms with Crippen LogP contribution in [-0.2, 0) is 0 Å². The summed E-state index contributed by atoms with van der Waals surface area (Å²) in [5.41, 5.74) is 2.78. The second-order valence-electron chi connectivity index (χ2n) is 4.56. The zero-order chi connectivity index (χ0) is 13.4. The van der Waals surface area contributed by atoms with Crippen LogP contribution in [0.4, 0.5) is 0 Å². The molecule has 1 N–H and O–H groups in total. The Labute approximate surface area is 112 Å². The molecule has 0 saturated carbocycles. The van der Waals surface area contributed by atoms with Crippen LogP contribution >= 0.6 is 0 Å². The summed E-state index contributed by atoms with van der Waals surface area (Å²) in [4.78, 5) is 0. The molecule has 0 saturated heterocycles. The fourth-order valence-corrected chi connectivity index (χ4v) is 2.10. The molecule has 0 aliphatic rings. The van der Waals surface area contributed by atoms with Gasteiger partial charge in [-0.15, -0.1) is 0 Å². The third kappa shape index (κ3) is 2.17. The molecule has 1 aromatic heterocycles. The maximum atomic E-state index is 10.1. The first kappa shape index (κ1) is 11.7. The predicted molar refractivity (Wildman–Crippen MR) is 76.8 cm³/mol. The minimum atomic E-state index is 0.192. The zero-order valence-electron chi connectivity index (χ0n) is 10.5. The molecule has 3 rings (SSSR count). The Morgan fingerprint density at radius 1 is 0.947 bits per heavy atom. The molecular weight excluding hydrogens is 235 g/mol. The van der Waals surface area contributed by atoms with E-state index in [1.165, 1.54) is 0 Å². The SMILES string of the molecule is [B]c1ccc(-c2cc3ccc(C)cc3cc2O)nn1. The number of fused-ring (bicyclic) bond motifs is 1. The summed E-state index contributed by atoms with van der Waals surface area (Å²) in [6, 6.07) is 13.2. The average Bonchev–Trinajstić information content (AvgIpc) is 2.39. The fourth-order valence-electron chi connectivity index (χ4n) is 2.10. The predicted octanol–water partition coefficient (Wildman–Crippen LogP) is 2.10. The van der Waals surface area contributed by atoms with E-state index in [-0.39, 0.29) is 5.75 Å². The molecule has 0 fully saturated rings. The lowest BCUT2D eigenvalue weighted by Gasteiger charge is -2.07. The van der Waals surface area contributed by atoms with E-state index in [4.69, 9.17) is 7.85 Å². The number of phenolic OH excluding ortho intramolecular Hbond substituents is 1. The third-order valence-corrected chi connectivity index (χ3v) is 3.07. The van der Waals surface area contributed by atoms with Crippen molar-refractivity contribution in [3.05, 3.63) is 48.0 Å². The van der Waals surface area contributed by atoms with E-state index in [0.29, 0.717) is 16.9 Å². The van der Waals surface area contributed by atoms with Gasteiger partial charge in [0.1, 0.15) is 13.6 Å². The Kier molecular flexibility index (Phi) is 2.71. The summed E-state index contributed by atoms with van der Waals surface area (Å²) in [5, 5.41) is 20.0. The Bertz CT molecular complexity index is 754. The average molecular weight is 246 g/mol. The van der Waals surface area contributed by atoms with Gasteiger partial charge in [0.05, 0.1) is 5.69 Å². The van der Waals surface area contributed by atoms with Crippen LogP contribution in [0, 0.1) is 6.92 Å². The number of rotatable bonds is 1. The Morgan fingerprint density at radius 3 is 2.53 bits per heavy atom. The smallest absolute Gasteiger partial charge is 0.144 e. The van der Waals surface area contributed by atoms with E-state index in [9.17, 15) is 5.11 Å². The van der Waals surface area contributed by atoms with E-state index in [0.717, 1.165) is 16.3 Å². The first-order valence-corrected chi connectivity index (χ1v) is 5.96. The number of benzene rings is 2. The van der Waals surface area contributed by atoms with Crippen LogP contribution in [0.25, 0.3) is 22.0 Å². The van der Waals surface area contributed by atoms with E-state index in [2.05, 4.69) is 10.2 Å². The number of hydrogen-bond acceptors (Lipinski definition) is 3. The van der Waals surface area contributed by atoms with Crippen molar-refractivity contribution in [1.29, 1.82) is 0 Å². The molecular formula is C15H11BN2O. The molecule has 0 aliphatic carbocycles. The lowest BCUT2D eigenvalue weighted by atomic mass is 10.0. The minimum Gasteiger partial charge on any atom is -0.507 e. The third-order valence-electron chi connectivity index (χ3n) is 3.07. The second kappa shape index (κ2) is 4.39. The van der Waals surface area contributed by atoms with Crippen LogP contribution in [0.5, 0.6) is 5.75 Å². The van der Waals surface area contributed by atoms with Crippen molar-refractivity contribution in [3.8, 4) is 17.0 Å². The normalized spacial score (nSPS) is 10.8. The van der Waals surface area contributed by atoms with E-state index in [1.807, 2.05) is 31.2 Å². The van der Waals surface area contributed by atoms with Gasteiger partial charge in [-0.2, -0.15) is 10.2 Å². The molecule has 0 atom stereocenters. The maximum Gasteiger partial charge on any atom is 0.144 e. The van der Waals surface area contributed by atoms with E-state index >= 15 is 0 Å². The summed E-state index contributed by atoms with van der Waals surface area (Å²) < 4.78 is 0. The van der Waals surface area contributed by atoms with Gasteiger partial charge in [-0.05, 0) is 42.0 Å². The van der Waals surface area contributed by atoms with E-state index in [1.54, 1.807) is 18.2 Å². The van der Waals surface area contributed by atoms with Gasteiger partial charge in [0.15, 0.2) is 0 Å². The van der Waals surface area contributed by atoms with Crippen molar-refractivity contribution < 1.29 is 5.11 Å². The van der Waals surface area contributed by atoms with Gasteiger partial charge in [-0.25, -0.2) is 0 Å². The molecule has 4 heteroatoms. The first-order chi connectivity index (χ1) is 9.13. The van der Waals surface area contributed by atoms with Gasteiger partial charge in [0.2, 0.25) is 0 Å².